The van der Waals surface area contributed by atoms with E-state index >= 15 is 0 Å². The van der Waals surface area contributed by atoms with Gasteiger partial charge in [-0.25, -0.2) is 12.7 Å². The average molecular weight is 391 g/mol. The number of ether oxygens (including phenoxy) is 1. The zero-order chi connectivity index (χ0) is 20.2. The maximum Gasteiger partial charge on any atom is 0.252 e. The third-order valence-electron chi connectivity index (χ3n) is 4.27. The molecular formula is C20H26N2O4S. The molecule has 1 atom stereocenters. The van der Waals surface area contributed by atoms with E-state index in [1.165, 1.54) is 26.2 Å². The van der Waals surface area contributed by atoms with Crippen molar-refractivity contribution < 1.29 is 17.9 Å². The lowest BCUT2D eigenvalue weighted by atomic mass is 10.1. The van der Waals surface area contributed by atoms with Crippen LogP contribution in [0.2, 0.25) is 0 Å². The van der Waals surface area contributed by atoms with Crippen molar-refractivity contribution in [2.45, 2.75) is 31.7 Å². The Bertz CT molecular complexity index is 906. The Balaban J connectivity index is 2.22. The summed E-state index contributed by atoms with van der Waals surface area (Å²) in [6, 6.07) is 11.9. The molecule has 0 bridgehead atoms. The van der Waals surface area contributed by atoms with Crippen molar-refractivity contribution in [2.75, 3.05) is 20.7 Å². The van der Waals surface area contributed by atoms with Gasteiger partial charge in [0, 0.05) is 19.7 Å². The number of sulfonamides is 1. The highest BCUT2D eigenvalue weighted by atomic mass is 32.2. The van der Waals surface area contributed by atoms with Gasteiger partial charge in [-0.05, 0) is 56.2 Å². The van der Waals surface area contributed by atoms with Gasteiger partial charge < -0.3 is 10.1 Å². The molecule has 146 valence electrons. The molecule has 0 aromatic heterocycles. The van der Waals surface area contributed by atoms with Gasteiger partial charge in [0.15, 0.2) is 0 Å². The number of hydrogen-bond acceptors (Lipinski definition) is 4. The van der Waals surface area contributed by atoms with Crippen LogP contribution in [0.4, 0.5) is 0 Å². The van der Waals surface area contributed by atoms with E-state index in [4.69, 9.17) is 4.74 Å². The molecule has 0 aliphatic heterocycles. The lowest BCUT2D eigenvalue weighted by molar-refractivity contribution is 0.0939. The molecule has 0 spiro atoms. The Morgan fingerprint density at radius 2 is 1.78 bits per heavy atom. The summed E-state index contributed by atoms with van der Waals surface area (Å²) in [5, 5.41) is 2.92. The van der Waals surface area contributed by atoms with Gasteiger partial charge >= 0.3 is 0 Å². The topological polar surface area (TPSA) is 75.7 Å². The van der Waals surface area contributed by atoms with Crippen molar-refractivity contribution in [3.8, 4) is 5.75 Å². The molecule has 6 nitrogen and oxygen atoms in total. The number of hydrogen-bond donors (Lipinski definition) is 1. The monoisotopic (exact) mass is 390 g/mol. The summed E-state index contributed by atoms with van der Waals surface area (Å²) >= 11 is 0. The first-order valence-corrected chi connectivity index (χ1v) is 10.2. The quantitative estimate of drug-likeness (QED) is 0.788. The van der Waals surface area contributed by atoms with Crippen molar-refractivity contribution in [1.82, 2.24) is 9.62 Å². The Kier molecular flexibility index (Phi) is 6.62. The molecule has 0 aliphatic rings. The molecule has 1 N–H and O–H groups in total. The van der Waals surface area contributed by atoms with Crippen LogP contribution in [-0.2, 0) is 10.0 Å². The summed E-state index contributed by atoms with van der Waals surface area (Å²) in [4.78, 5) is 12.8. The second kappa shape index (κ2) is 8.54. The smallest absolute Gasteiger partial charge is 0.252 e. The van der Waals surface area contributed by atoms with E-state index in [0.29, 0.717) is 17.7 Å². The zero-order valence-corrected chi connectivity index (χ0v) is 17.1. The predicted molar refractivity (Wildman–Crippen MR) is 106 cm³/mol. The highest BCUT2D eigenvalue weighted by Crippen LogP contribution is 2.21. The number of amides is 1. The van der Waals surface area contributed by atoms with Crippen molar-refractivity contribution in [3.63, 3.8) is 0 Å². The van der Waals surface area contributed by atoms with Crippen molar-refractivity contribution >= 4 is 15.9 Å². The van der Waals surface area contributed by atoms with Gasteiger partial charge in [0.25, 0.3) is 5.91 Å². The zero-order valence-electron chi connectivity index (χ0n) is 16.3. The Labute approximate surface area is 161 Å². The first-order valence-electron chi connectivity index (χ1n) is 8.73. The van der Waals surface area contributed by atoms with Crippen LogP contribution in [0.25, 0.3) is 0 Å². The second-order valence-electron chi connectivity index (χ2n) is 6.46. The van der Waals surface area contributed by atoms with Crippen LogP contribution < -0.4 is 10.1 Å². The lowest BCUT2D eigenvalue weighted by Gasteiger charge is -2.17. The van der Waals surface area contributed by atoms with E-state index in [2.05, 4.69) is 5.32 Å². The number of nitrogens with zero attached hydrogens (tertiary/aromatic N) is 1. The minimum Gasteiger partial charge on any atom is -0.494 e. The van der Waals surface area contributed by atoms with Crippen LogP contribution in [0.1, 0.15) is 41.4 Å². The van der Waals surface area contributed by atoms with Crippen LogP contribution in [0, 0.1) is 6.92 Å². The molecule has 2 aromatic rings. The molecule has 1 amide bonds. The van der Waals surface area contributed by atoms with E-state index in [-0.39, 0.29) is 16.8 Å². The maximum absolute atomic E-state index is 12.7. The normalized spacial score (nSPS) is 12.7. The SMILES string of the molecule is CCOc1ccc(C(C)NC(=O)c2cc(S(=O)(=O)N(C)C)ccc2C)cc1. The minimum absolute atomic E-state index is 0.0944. The number of carbonyl (C=O) groups excluding carboxylic acids is 1. The molecule has 0 saturated heterocycles. The Hall–Kier alpha value is -2.38. The van der Waals surface area contributed by atoms with Crippen LogP contribution in [0.15, 0.2) is 47.4 Å². The van der Waals surface area contributed by atoms with E-state index in [0.717, 1.165) is 15.6 Å². The average Bonchev–Trinajstić information content (AvgIpc) is 2.62. The summed E-state index contributed by atoms with van der Waals surface area (Å²) < 4.78 is 31.2. The highest BCUT2D eigenvalue weighted by Gasteiger charge is 2.21. The van der Waals surface area contributed by atoms with Crippen LogP contribution >= 0.6 is 0 Å². The number of rotatable bonds is 7. The van der Waals surface area contributed by atoms with Gasteiger partial charge in [-0.15, -0.1) is 0 Å². The summed E-state index contributed by atoms with van der Waals surface area (Å²) in [6.45, 7) is 6.17. The van der Waals surface area contributed by atoms with Gasteiger partial charge in [-0.3, -0.25) is 4.79 Å². The molecule has 7 heteroatoms. The molecule has 0 heterocycles. The summed E-state index contributed by atoms with van der Waals surface area (Å²) in [6.07, 6.45) is 0. The van der Waals surface area contributed by atoms with Gasteiger partial charge in [0.05, 0.1) is 17.5 Å². The van der Waals surface area contributed by atoms with Crippen LogP contribution in [-0.4, -0.2) is 39.3 Å². The number of nitrogens with one attached hydrogen (secondary N) is 1. The van der Waals surface area contributed by atoms with Crippen molar-refractivity contribution in [2.24, 2.45) is 0 Å². The summed E-state index contributed by atoms with van der Waals surface area (Å²) in [5.74, 6) is 0.460. The maximum atomic E-state index is 12.7. The Morgan fingerprint density at radius 1 is 1.15 bits per heavy atom. The van der Waals surface area contributed by atoms with Gasteiger partial charge in [0.2, 0.25) is 10.0 Å². The molecule has 2 rings (SSSR count). The van der Waals surface area contributed by atoms with Crippen molar-refractivity contribution in [3.05, 3.63) is 59.2 Å². The van der Waals surface area contributed by atoms with Crippen LogP contribution in [0.5, 0.6) is 5.75 Å². The minimum atomic E-state index is -3.60. The molecule has 0 radical (unpaired) electrons. The molecule has 0 fully saturated rings. The fraction of sp³-hybridized carbons (Fsp3) is 0.350. The highest BCUT2D eigenvalue weighted by molar-refractivity contribution is 7.89. The fourth-order valence-corrected chi connectivity index (χ4v) is 3.52. The van der Waals surface area contributed by atoms with Gasteiger partial charge in [-0.2, -0.15) is 0 Å². The predicted octanol–water partition coefficient (Wildman–Crippen LogP) is 3.14. The number of aryl methyl sites for hydroxylation is 1. The Morgan fingerprint density at radius 3 is 2.33 bits per heavy atom. The third-order valence-corrected chi connectivity index (χ3v) is 6.08. The van der Waals surface area contributed by atoms with Gasteiger partial charge in [0.1, 0.15) is 5.75 Å². The fourth-order valence-electron chi connectivity index (χ4n) is 2.59. The number of benzene rings is 2. The van der Waals surface area contributed by atoms with E-state index in [9.17, 15) is 13.2 Å². The molecule has 27 heavy (non-hydrogen) atoms. The standard InChI is InChI=1S/C20H26N2O4S/c1-6-26-17-10-8-16(9-11-17)15(3)21-20(23)19-13-18(12-7-14(19)2)27(24,25)22(4)5/h7-13,15H,6H2,1-5H3,(H,21,23). The van der Waals surface area contributed by atoms with E-state index in [1.807, 2.05) is 38.1 Å². The molecule has 1 unspecified atom stereocenters. The summed E-state index contributed by atoms with van der Waals surface area (Å²) in [5.41, 5.74) is 1.99. The summed E-state index contributed by atoms with van der Waals surface area (Å²) in [7, 11) is -0.679. The van der Waals surface area contributed by atoms with E-state index < -0.39 is 10.0 Å². The molecular weight excluding hydrogens is 364 g/mol. The van der Waals surface area contributed by atoms with Gasteiger partial charge in [-0.1, -0.05) is 18.2 Å². The van der Waals surface area contributed by atoms with Crippen LogP contribution in [0.3, 0.4) is 0 Å². The first-order chi connectivity index (χ1) is 12.7. The third kappa shape index (κ3) is 4.87. The molecule has 0 aliphatic carbocycles. The largest absolute Gasteiger partial charge is 0.494 e. The molecule has 0 saturated carbocycles. The molecule has 2 aromatic carbocycles. The van der Waals surface area contributed by atoms with E-state index in [1.54, 1.807) is 13.0 Å². The lowest BCUT2D eigenvalue weighted by Crippen LogP contribution is -2.28. The first kappa shape index (κ1) is 20.9. The van der Waals surface area contributed by atoms with Crippen molar-refractivity contribution in [1.29, 1.82) is 0 Å². The number of carbonyl (C=O) groups is 1. The second-order valence-corrected chi connectivity index (χ2v) is 8.61.